The summed E-state index contributed by atoms with van der Waals surface area (Å²) in [6.45, 7) is 5.20. The summed E-state index contributed by atoms with van der Waals surface area (Å²) in [7, 11) is 4.47. The lowest BCUT2D eigenvalue weighted by molar-refractivity contribution is -0.887. The van der Waals surface area contributed by atoms with Crippen LogP contribution in [0.25, 0.3) is 0 Å². The Labute approximate surface area is 146 Å². The van der Waals surface area contributed by atoms with Crippen molar-refractivity contribution >= 4 is 5.91 Å². The molecule has 0 aromatic rings. The maximum atomic E-state index is 12.8. The lowest BCUT2D eigenvalue weighted by Gasteiger charge is -2.55. The molecule has 4 bridgehead atoms. The Balaban J connectivity index is 0.00000161. The van der Waals surface area contributed by atoms with Crippen LogP contribution >= 0.6 is 0 Å². The second-order valence-electron chi connectivity index (χ2n) is 8.43. The van der Waals surface area contributed by atoms with E-state index in [0.717, 1.165) is 41.9 Å². The van der Waals surface area contributed by atoms with Crippen LogP contribution in [0.3, 0.4) is 0 Å². The number of rotatable bonds is 5. The van der Waals surface area contributed by atoms with Crippen LogP contribution in [0.4, 0.5) is 0 Å². The second-order valence-corrected chi connectivity index (χ2v) is 8.43. The summed E-state index contributed by atoms with van der Waals surface area (Å²) in [5.74, 6) is 2.95. The third-order valence-corrected chi connectivity index (χ3v) is 6.38. The molecule has 4 rings (SSSR count). The normalized spacial score (nSPS) is 37.2. The topological polar surface area (TPSA) is 29.1 Å². The third kappa shape index (κ3) is 3.57. The average molecular weight is 406 g/mol. The van der Waals surface area contributed by atoms with Gasteiger partial charge in [0.25, 0.3) is 0 Å². The molecule has 1 N–H and O–H groups in total. The number of nitrogens with one attached hydrogen (secondary N) is 1. The Hall–Kier alpha value is 0.160. The van der Waals surface area contributed by atoms with Crippen molar-refractivity contribution in [2.45, 2.75) is 45.4 Å². The first-order valence-corrected chi connectivity index (χ1v) is 8.53. The molecule has 0 unspecified atom stereocenters. The van der Waals surface area contributed by atoms with Crippen LogP contribution in [0.15, 0.2) is 0 Å². The molecule has 0 spiro atoms. The van der Waals surface area contributed by atoms with E-state index in [0.29, 0.717) is 5.91 Å². The summed E-state index contributed by atoms with van der Waals surface area (Å²) in [6, 6.07) is 0. The van der Waals surface area contributed by atoms with Crippen molar-refractivity contribution in [3.63, 3.8) is 0 Å². The summed E-state index contributed by atoms with van der Waals surface area (Å²) in [5, 5.41) is 3.28. The van der Waals surface area contributed by atoms with Crippen molar-refractivity contribution in [3.8, 4) is 0 Å². The van der Waals surface area contributed by atoms with Gasteiger partial charge in [-0.05, 0) is 63.2 Å². The molecular formula is C17H31IN2O. The molecule has 122 valence electrons. The molecule has 0 radical (unpaired) electrons. The van der Waals surface area contributed by atoms with Gasteiger partial charge in [0.15, 0.2) is 0 Å². The molecular weight excluding hydrogens is 375 g/mol. The molecule has 0 heterocycles. The van der Waals surface area contributed by atoms with E-state index in [-0.39, 0.29) is 29.4 Å². The Bertz CT molecular complexity index is 359. The summed E-state index contributed by atoms with van der Waals surface area (Å²) in [5.41, 5.74) is 0.0259. The number of likely N-dealkylation sites (N-methyl/N-ethyl adjacent to an activating group) is 1. The molecule has 0 aromatic carbocycles. The van der Waals surface area contributed by atoms with Crippen molar-refractivity contribution in [1.82, 2.24) is 5.32 Å². The highest BCUT2D eigenvalue weighted by Gasteiger charge is 2.54. The van der Waals surface area contributed by atoms with E-state index < -0.39 is 0 Å². The quantitative estimate of drug-likeness (QED) is 0.481. The number of nitrogens with zero attached hydrogens (tertiary/aromatic N) is 1. The Kier molecular flexibility index (Phi) is 5.29. The van der Waals surface area contributed by atoms with Crippen molar-refractivity contribution < 1.29 is 33.3 Å². The molecule has 4 aliphatic rings. The SMILES string of the molecule is CC[N+](C)(C)CCNC(=O)C12CC3CC(CC(C3)C1)C2.[I-]. The highest BCUT2D eigenvalue weighted by Crippen LogP contribution is 2.60. The van der Waals surface area contributed by atoms with Gasteiger partial charge >= 0.3 is 0 Å². The van der Waals surface area contributed by atoms with Crippen LogP contribution in [-0.4, -0.2) is 44.1 Å². The summed E-state index contributed by atoms with van der Waals surface area (Å²) in [4.78, 5) is 12.8. The molecule has 21 heavy (non-hydrogen) atoms. The molecule has 4 heteroatoms. The Morgan fingerprint density at radius 3 is 2.00 bits per heavy atom. The van der Waals surface area contributed by atoms with Crippen LogP contribution in [0.2, 0.25) is 0 Å². The van der Waals surface area contributed by atoms with Gasteiger partial charge in [0, 0.05) is 5.41 Å². The second kappa shape index (κ2) is 6.34. The van der Waals surface area contributed by atoms with E-state index in [1.807, 2.05) is 0 Å². The Morgan fingerprint density at radius 2 is 1.57 bits per heavy atom. The maximum Gasteiger partial charge on any atom is 0.226 e. The fourth-order valence-electron chi connectivity index (χ4n) is 5.21. The van der Waals surface area contributed by atoms with Crippen LogP contribution < -0.4 is 29.3 Å². The molecule has 0 aliphatic heterocycles. The van der Waals surface area contributed by atoms with Gasteiger partial charge in [-0.15, -0.1) is 0 Å². The highest BCUT2D eigenvalue weighted by molar-refractivity contribution is 5.83. The maximum absolute atomic E-state index is 12.8. The molecule has 4 aliphatic carbocycles. The van der Waals surface area contributed by atoms with E-state index in [4.69, 9.17) is 0 Å². The number of amides is 1. The first-order valence-electron chi connectivity index (χ1n) is 8.53. The minimum absolute atomic E-state index is 0. The zero-order valence-electron chi connectivity index (χ0n) is 13.8. The van der Waals surface area contributed by atoms with Gasteiger partial charge in [-0.3, -0.25) is 4.79 Å². The van der Waals surface area contributed by atoms with Crippen molar-refractivity contribution in [2.75, 3.05) is 33.7 Å². The van der Waals surface area contributed by atoms with Crippen LogP contribution in [-0.2, 0) is 4.79 Å². The van der Waals surface area contributed by atoms with E-state index >= 15 is 0 Å². The van der Waals surface area contributed by atoms with Crippen LogP contribution in [0.5, 0.6) is 0 Å². The number of carbonyl (C=O) groups is 1. The van der Waals surface area contributed by atoms with Crippen LogP contribution in [0.1, 0.15) is 45.4 Å². The number of hydrogen-bond donors (Lipinski definition) is 1. The molecule has 4 saturated carbocycles. The lowest BCUT2D eigenvalue weighted by Crippen LogP contribution is -3.00. The summed E-state index contributed by atoms with van der Waals surface area (Å²) >= 11 is 0. The predicted molar refractivity (Wildman–Crippen MR) is 81.1 cm³/mol. The molecule has 0 atom stereocenters. The molecule has 4 fully saturated rings. The van der Waals surface area contributed by atoms with Gasteiger partial charge in [0.1, 0.15) is 0 Å². The highest BCUT2D eigenvalue weighted by atomic mass is 127. The number of hydrogen-bond acceptors (Lipinski definition) is 1. The van der Waals surface area contributed by atoms with Gasteiger partial charge in [-0.1, -0.05) is 0 Å². The minimum atomic E-state index is 0. The molecule has 3 nitrogen and oxygen atoms in total. The minimum Gasteiger partial charge on any atom is -1.00 e. The fraction of sp³-hybridized carbons (Fsp3) is 0.941. The zero-order valence-corrected chi connectivity index (χ0v) is 16.0. The van der Waals surface area contributed by atoms with Gasteiger partial charge in [-0.25, -0.2) is 0 Å². The standard InChI is InChI=1S/C17H30N2O.HI/c1-4-19(2,3)6-5-18-16(20)17-10-13-7-14(11-17)9-15(8-13)12-17;/h13-15H,4-12H2,1-3H3;1H. The summed E-state index contributed by atoms with van der Waals surface area (Å²) < 4.78 is 0.987. The van der Waals surface area contributed by atoms with Gasteiger partial charge in [-0.2, -0.15) is 0 Å². The largest absolute Gasteiger partial charge is 1.00 e. The monoisotopic (exact) mass is 406 g/mol. The van der Waals surface area contributed by atoms with Crippen molar-refractivity contribution in [3.05, 3.63) is 0 Å². The van der Waals surface area contributed by atoms with E-state index in [2.05, 4.69) is 26.3 Å². The van der Waals surface area contributed by atoms with E-state index in [1.54, 1.807) is 0 Å². The summed E-state index contributed by atoms with van der Waals surface area (Å²) in [6.07, 6.45) is 7.76. The van der Waals surface area contributed by atoms with Gasteiger partial charge in [0.05, 0.1) is 33.7 Å². The number of carbonyl (C=O) groups excluding carboxylic acids is 1. The first-order chi connectivity index (χ1) is 9.42. The zero-order chi connectivity index (χ0) is 14.4. The number of quaternary nitrogens is 1. The Morgan fingerprint density at radius 1 is 1.10 bits per heavy atom. The smallest absolute Gasteiger partial charge is 0.226 e. The van der Waals surface area contributed by atoms with E-state index in [9.17, 15) is 4.79 Å². The van der Waals surface area contributed by atoms with Gasteiger partial charge < -0.3 is 33.8 Å². The first kappa shape index (κ1) is 17.5. The third-order valence-electron chi connectivity index (χ3n) is 6.38. The predicted octanol–water partition coefficient (Wildman–Crippen LogP) is -0.581. The lowest BCUT2D eigenvalue weighted by atomic mass is 9.49. The van der Waals surface area contributed by atoms with Crippen LogP contribution in [0, 0.1) is 23.2 Å². The van der Waals surface area contributed by atoms with Gasteiger partial charge in [0.2, 0.25) is 5.91 Å². The molecule has 1 amide bonds. The number of halogens is 1. The van der Waals surface area contributed by atoms with Crippen molar-refractivity contribution in [2.24, 2.45) is 23.2 Å². The average Bonchev–Trinajstić information content (AvgIpc) is 2.37. The fourth-order valence-corrected chi connectivity index (χ4v) is 5.21. The molecule has 0 saturated heterocycles. The van der Waals surface area contributed by atoms with E-state index in [1.165, 1.54) is 38.5 Å². The molecule has 0 aromatic heterocycles. The van der Waals surface area contributed by atoms with Crippen molar-refractivity contribution in [1.29, 1.82) is 0 Å².